The number of carbonyl (C=O) groups is 1. The highest BCUT2D eigenvalue weighted by molar-refractivity contribution is 7.89. The maximum atomic E-state index is 13.9. The van der Waals surface area contributed by atoms with Crippen molar-refractivity contribution < 1.29 is 32.6 Å². The Kier molecular flexibility index (Phi) is 9.18. The van der Waals surface area contributed by atoms with Crippen LogP contribution in [0, 0.1) is 11.7 Å². The molecule has 4 rings (SSSR count). The molecule has 1 aliphatic rings. The van der Waals surface area contributed by atoms with Crippen molar-refractivity contribution in [3.63, 3.8) is 0 Å². The first-order chi connectivity index (χ1) is 19.3. The Balaban J connectivity index is 1.42. The maximum Gasteiger partial charge on any atom is 0.338 e. The van der Waals surface area contributed by atoms with Crippen molar-refractivity contribution in [2.24, 2.45) is 5.92 Å². The van der Waals surface area contributed by atoms with E-state index in [1.807, 2.05) is 0 Å². The Morgan fingerprint density at radius 1 is 1.10 bits per heavy atom. The number of sulfonamides is 1. The molecule has 0 radical (unpaired) electrons. The van der Waals surface area contributed by atoms with E-state index in [0.717, 1.165) is 35.7 Å². The predicted molar refractivity (Wildman–Crippen MR) is 155 cm³/mol. The lowest BCUT2D eigenvalue weighted by atomic mass is 9.88. The largest absolute Gasteiger partial charge is 0.495 e. The van der Waals surface area contributed by atoms with Crippen molar-refractivity contribution in [3.05, 3.63) is 83.2 Å². The number of aromatic carboxylic acids is 1. The van der Waals surface area contributed by atoms with E-state index in [-0.39, 0.29) is 29.3 Å². The number of β-amino-alcohol motifs (C(OH)–C–C–N with tert-alkyl or cyclic N) is 1. The smallest absolute Gasteiger partial charge is 0.338 e. The molecule has 1 aliphatic carbocycles. The van der Waals surface area contributed by atoms with E-state index in [0.29, 0.717) is 17.0 Å². The molecule has 41 heavy (non-hydrogen) atoms. The molecule has 3 aromatic rings. The molecule has 1 unspecified atom stereocenters. The number of halogens is 1. The van der Waals surface area contributed by atoms with Gasteiger partial charge in [0, 0.05) is 25.7 Å². The van der Waals surface area contributed by atoms with Gasteiger partial charge in [-0.25, -0.2) is 17.6 Å². The molecule has 0 fully saturated rings. The summed E-state index contributed by atoms with van der Waals surface area (Å²) in [5.74, 6) is -1.72. The third-order valence-corrected chi connectivity index (χ3v) is 9.45. The minimum Gasteiger partial charge on any atom is -0.495 e. The van der Waals surface area contributed by atoms with Crippen LogP contribution in [0.2, 0.25) is 0 Å². The van der Waals surface area contributed by atoms with Crippen molar-refractivity contribution in [1.29, 1.82) is 0 Å². The quantitative estimate of drug-likeness (QED) is 0.290. The average Bonchev–Trinajstić information content (AvgIpc) is 3.33. The molecule has 0 bridgehead atoms. The van der Waals surface area contributed by atoms with E-state index in [1.165, 1.54) is 43.5 Å². The molecule has 220 valence electrons. The summed E-state index contributed by atoms with van der Waals surface area (Å²) in [6, 6.07) is 16.4. The number of nitrogens with zero attached hydrogens (tertiary/aromatic N) is 1. The molecule has 0 spiro atoms. The summed E-state index contributed by atoms with van der Waals surface area (Å²) in [5, 5.41) is 23.4. The standard InChI is InChI=1S/C31H37FN2O6S/c1-31(2,17-20-13-21-7-5-6-8-22(21)14-20)33-18-25(35)19-34(3)41(38,39)29-16-24(10-12-28(29)40-4)23-9-11-27(32)26(15-23)30(36)37/h5-12,15-16,20,25,33,35H,13-14,17-19H2,1-4H3,(H,36,37). The van der Waals surface area contributed by atoms with Crippen molar-refractivity contribution >= 4 is 16.0 Å². The maximum absolute atomic E-state index is 13.9. The Bertz CT molecular complexity index is 1500. The van der Waals surface area contributed by atoms with Crippen LogP contribution in [0.5, 0.6) is 5.75 Å². The Labute approximate surface area is 240 Å². The fourth-order valence-electron chi connectivity index (χ4n) is 5.54. The van der Waals surface area contributed by atoms with E-state index in [9.17, 15) is 27.8 Å². The monoisotopic (exact) mass is 584 g/mol. The number of benzene rings is 3. The van der Waals surface area contributed by atoms with Crippen LogP contribution < -0.4 is 10.1 Å². The molecule has 0 aromatic heterocycles. The first kappa shape index (κ1) is 30.6. The average molecular weight is 585 g/mol. The summed E-state index contributed by atoms with van der Waals surface area (Å²) >= 11 is 0. The second-order valence-electron chi connectivity index (χ2n) is 11.3. The number of likely N-dealkylation sites (N-methyl/N-ethyl adjacent to an activating group) is 1. The number of aliphatic hydroxyl groups excluding tert-OH is 1. The van der Waals surface area contributed by atoms with Gasteiger partial charge in [0.05, 0.1) is 18.8 Å². The normalized spacial score (nSPS) is 14.7. The highest BCUT2D eigenvalue weighted by atomic mass is 32.2. The number of rotatable bonds is 12. The highest BCUT2D eigenvalue weighted by Crippen LogP contribution is 2.33. The van der Waals surface area contributed by atoms with Crippen LogP contribution in [-0.4, -0.2) is 67.8 Å². The molecule has 0 saturated heterocycles. The third kappa shape index (κ3) is 7.13. The van der Waals surface area contributed by atoms with Crippen molar-refractivity contribution in [3.8, 4) is 16.9 Å². The van der Waals surface area contributed by atoms with E-state index in [4.69, 9.17) is 4.74 Å². The Morgan fingerprint density at radius 2 is 1.71 bits per heavy atom. The van der Waals surface area contributed by atoms with Crippen LogP contribution in [0.3, 0.4) is 0 Å². The first-order valence-electron chi connectivity index (χ1n) is 13.5. The fourth-order valence-corrected chi connectivity index (χ4v) is 6.92. The van der Waals surface area contributed by atoms with Gasteiger partial charge in [-0.3, -0.25) is 0 Å². The molecule has 3 aromatic carbocycles. The van der Waals surface area contributed by atoms with Gasteiger partial charge in [0.2, 0.25) is 10.0 Å². The zero-order valence-corrected chi connectivity index (χ0v) is 24.5. The van der Waals surface area contributed by atoms with Crippen molar-refractivity contribution in [2.75, 3.05) is 27.2 Å². The molecular formula is C31H37FN2O6S. The van der Waals surface area contributed by atoms with Crippen LogP contribution in [0.4, 0.5) is 4.39 Å². The van der Waals surface area contributed by atoms with Crippen LogP contribution in [-0.2, 0) is 22.9 Å². The van der Waals surface area contributed by atoms with E-state index in [2.05, 4.69) is 43.4 Å². The lowest BCUT2D eigenvalue weighted by molar-refractivity contribution is 0.0692. The van der Waals surface area contributed by atoms with Gasteiger partial charge < -0.3 is 20.3 Å². The van der Waals surface area contributed by atoms with Gasteiger partial charge in [-0.05, 0) is 85.5 Å². The van der Waals surface area contributed by atoms with Crippen LogP contribution in [0.25, 0.3) is 11.1 Å². The van der Waals surface area contributed by atoms with Crippen LogP contribution in [0.1, 0.15) is 41.8 Å². The molecule has 0 saturated carbocycles. The number of hydrogen-bond acceptors (Lipinski definition) is 6. The Hall–Kier alpha value is -3.31. The van der Waals surface area contributed by atoms with E-state index >= 15 is 0 Å². The molecule has 1 atom stereocenters. The lowest BCUT2D eigenvalue weighted by Crippen LogP contribution is -2.47. The molecule has 0 amide bonds. The van der Waals surface area contributed by atoms with E-state index in [1.54, 1.807) is 6.07 Å². The number of ether oxygens (including phenoxy) is 1. The number of methoxy groups -OCH3 is 1. The zero-order valence-electron chi connectivity index (χ0n) is 23.7. The first-order valence-corrected chi connectivity index (χ1v) is 14.9. The number of carboxylic acids is 1. The van der Waals surface area contributed by atoms with Gasteiger partial charge in [-0.15, -0.1) is 0 Å². The van der Waals surface area contributed by atoms with Gasteiger partial charge in [0.15, 0.2) is 0 Å². The fraction of sp³-hybridized carbons (Fsp3) is 0.387. The molecule has 8 nitrogen and oxygen atoms in total. The SMILES string of the molecule is COc1ccc(-c2ccc(F)c(C(=O)O)c2)cc1S(=O)(=O)N(C)CC(O)CNC(C)(C)CC1Cc2ccccc2C1. The number of nitrogens with one attached hydrogen (secondary N) is 1. The van der Waals surface area contributed by atoms with Gasteiger partial charge in [-0.1, -0.05) is 36.4 Å². The minimum absolute atomic E-state index is 0.0903. The van der Waals surface area contributed by atoms with Crippen LogP contribution in [0.15, 0.2) is 65.6 Å². The summed E-state index contributed by atoms with van der Waals surface area (Å²) < 4.78 is 47.4. The van der Waals surface area contributed by atoms with Gasteiger partial charge in [0.1, 0.15) is 16.5 Å². The second kappa shape index (κ2) is 12.3. The van der Waals surface area contributed by atoms with Gasteiger partial charge >= 0.3 is 5.97 Å². The van der Waals surface area contributed by atoms with Crippen molar-refractivity contribution in [1.82, 2.24) is 9.62 Å². The zero-order chi connectivity index (χ0) is 29.9. The molecule has 3 N–H and O–H groups in total. The lowest BCUT2D eigenvalue weighted by Gasteiger charge is -2.31. The third-order valence-electron chi connectivity index (χ3n) is 7.60. The summed E-state index contributed by atoms with van der Waals surface area (Å²) in [6.07, 6.45) is 2.00. The van der Waals surface area contributed by atoms with E-state index < -0.39 is 33.5 Å². The number of hydrogen-bond donors (Lipinski definition) is 3. The number of aliphatic hydroxyl groups is 1. The summed E-state index contributed by atoms with van der Waals surface area (Å²) in [6.45, 7) is 4.22. The molecule has 0 heterocycles. The highest BCUT2D eigenvalue weighted by Gasteiger charge is 2.30. The summed E-state index contributed by atoms with van der Waals surface area (Å²) in [5.41, 5.74) is 2.71. The van der Waals surface area contributed by atoms with Gasteiger partial charge in [-0.2, -0.15) is 4.31 Å². The number of fused-ring (bicyclic) bond motifs is 1. The predicted octanol–water partition coefficient (Wildman–Crippen LogP) is 4.35. The van der Waals surface area contributed by atoms with Gasteiger partial charge in [0.25, 0.3) is 0 Å². The van der Waals surface area contributed by atoms with Crippen molar-refractivity contribution in [2.45, 2.75) is 49.6 Å². The molecule has 0 aliphatic heterocycles. The molecular weight excluding hydrogens is 547 g/mol. The Morgan fingerprint density at radius 3 is 2.32 bits per heavy atom. The molecule has 10 heteroatoms. The summed E-state index contributed by atoms with van der Waals surface area (Å²) in [4.78, 5) is 11.2. The topological polar surface area (TPSA) is 116 Å². The summed E-state index contributed by atoms with van der Waals surface area (Å²) in [7, 11) is -1.39. The number of carboxylic acid groups (broad SMARTS) is 1. The van der Waals surface area contributed by atoms with Crippen LogP contribution >= 0.6 is 0 Å². The minimum atomic E-state index is -4.11. The second-order valence-corrected chi connectivity index (χ2v) is 13.3.